The molecule has 0 spiro atoms. The van der Waals surface area contributed by atoms with E-state index in [1.54, 1.807) is 24.3 Å². The number of nitrogens with zero attached hydrogens (tertiary/aromatic N) is 2. The number of aromatic nitrogens is 1. The van der Waals surface area contributed by atoms with Gasteiger partial charge in [0.1, 0.15) is 10.6 Å². The van der Waals surface area contributed by atoms with E-state index in [2.05, 4.69) is 9.69 Å². The number of primary amides is 1. The first-order chi connectivity index (χ1) is 16.9. The molecule has 1 aliphatic heterocycles. The number of nitrogen functional groups attached to an aromatic ring is 1. The zero-order valence-electron chi connectivity index (χ0n) is 19.2. The van der Waals surface area contributed by atoms with Crippen molar-refractivity contribution in [1.29, 1.82) is 0 Å². The molecule has 2 aromatic heterocycles. The van der Waals surface area contributed by atoms with Crippen LogP contribution in [0.5, 0.6) is 0 Å². The quantitative estimate of drug-likeness (QED) is 0.411. The molecule has 2 atom stereocenters. The number of nitrogens with two attached hydrogens (primary N) is 2. The summed E-state index contributed by atoms with van der Waals surface area (Å²) in [5, 5.41) is 2.89. The van der Waals surface area contributed by atoms with Gasteiger partial charge >= 0.3 is 0 Å². The number of amides is 3. The third kappa shape index (κ3) is 5.20. The number of hydrogen-bond donors (Lipinski definition) is 3. The lowest BCUT2D eigenvalue weighted by molar-refractivity contribution is -0.123. The number of anilines is 2. The van der Waals surface area contributed by atoms with E-state index in [9.17, 15) is 14.4 Å². The largest absolute Gasteiger partial charge is 0.467 e. The van der Waals surface area contributed by atoms with Crippen LogP contribution in [0.1, 0.15) is 57.3 Å². The maximum atomic E-state index is 13.9. The van der Waals surface area contributed by atoms with Crippen molar-refractivity contribution in [3.05, 3.63) is 64.6 Å². The molecule has 1 fully saturated rings. The molecule has 0 radical (unpaired) electrons. The van der Waals surface area contributed by atoms with Gasteiger partial charge in [0, 0.05) is 18.8 Å². The Hall–Kier alpha value is -3.70. The Morgan fingerprint density at radius 1 is 1.26 bits per heavy atom. The first-order valence-electron chi connectivity index (χ1n) is 11.3. The van der Waals surface area contributed by atoms with Gasteiger partial charge in [0.05, 0.1) is 18.1 Å². The van der Waals surface area contributed by atoms with Crippen LogP contribution in [-0.4, -0.2) is 41.4 Å². The van der Waals surface area contributed by atoms with Crippen molar-refractivity contribution in [3.8, 4) is 0 Å². The first-order valence-corrected chi connectivity index (χ1v) is 12.1. The molecule has 10 nitrogen and oxygen atoms in total. The van der Waals surface area contributed by atoms with Crippen molar-refractivity contribution in [2.24, 2.45) is 5.73 Å². The molecule has 1 saturated heterocycles. The molecule has 11 heteroatoms. The molecular formula is C24H27N5O5S. The van der Waals surface area contributed by atoms with Crippen LogP contribution in [-0.2, 0) is 16.0 Å². The second-order valence-electron chi connectivity index (χ2n) is 8.13. The Balaban J connectivity index is 1.76. The lowest BCUT2D eigenvalue weighted by atomic mass is 10.1. The summed E-state index contributed by atoms with van der Waals surface area (Å²) in [4.78, 5) is 40.4. The number of ether oxygens (including phenoxy) is 1. The Kier molecular flexibility index (Phi) is 7.47. The van der Waals surface area contributed by atoms with Gasteiger partial charge in [-0.1, -0.05) is 19.1 Å². The van der Waals surface area contributed by atoms with E-state index in [0.29, 0.717) is 18.8 Å². The molecule has 0 saturated carbocycles. The number of rotatable bonds is 9. The summed E-state index contributed by atoms with van der Waals surface area (Å²) in [5.74, 6) is -1.62. The van der Waals surface area contributed by atoms with Crippen LogP contribution in [0.25, 0.3) is 0 Å². The average molecular weight is 498 g/mol. The average Bonchev–Trinajstić information content (AvgIpc) is 3.63. The highest BCUT2D eigenvalue weighted by molar-refractivity contribution is 7.09. The van der Waals surface area contributed by atoms with Gasteiger partial charge in [0.15, 0.2) is 11.7 Å². The maximum absolute atomic E-state index is 13.9. The Morgan fingerprint density at radius 2 is 2.03 bits per heavy atom. The van der Waals surface area contributed by atoms with Gasteiger partial charge in [-0.3, -0.25) is 19.3 Å². The van der Waals surface area contributed by atoms with Gasteiger partial charge in [-0.15, -0.1) is 0 Å². The summed E-state index contributed by atoms with van der Waals surface area (Å²) < 4.78 is 15.2. The Morgan fingerprint density at radius 3 is 2.60 bits per heavy atom. The lowest BCUT2D eigenvalue weighted by Crippen LogP contribution is -2.45. The van der Waals surface area contributed by atoms with E-state index >= 15 is 0 Å². The highest BCUT2D eigenvalue weighted by atomic mass is 32.1. The summed E-state index contributed by atoms with van der Waals surface area (Å²) >= 11 is 0.754. The van der Waals surface area contributed by atoms with Crippen LogP contribution >= 0.6 is 11.5 Å². The van der Waals surface area contributed by atoms with Gasteiger partial charge in [-0.05, 0) is 60.6 Å². The number of nitrogens with one attached hydrogen (secondary N) is 1. The van der Waals surface area contributed by atoms with Crippen LogP contribution in [0.2, 0.25) is 0 Å². The molecule has 0 unspecified atom stereocenters. The van der Waals surface area contributed by atoms with E-state index in [1.807, 2.05) is 19.1 Å². The van der Waals surface area contributed by atoms with E-state index in [1.165, 1.54) is 11.2 Å². The molecule has 184 valence electrons. The summed E-state index contributed by atoms with van der Waals surface area (Å²) in [6.45, 7) is 2.98. The summed E-state index contributed by atoms with van der Waals surface area (Å²) in [7, 11) is 0. The monoisotopic (exact) mass is 497 g/mol. The van der Waals surface area contributed by atoms with Crippen LogP contribution in [0.3, 0.4) is 0 Å². The van der Waals surface area contributed by atoms with Crippen LogP contribution in [0.15, 0.2) is 47.1 Å². The van der Waals surface area contributed by atoms with Gasteiger partial charge < -0.3 is 25.9 Å². The van der Waals surface area contributed by atoms with Gasteiger partial charge in [0.25, 0.3) is 17.7 Å². The minimum atomic E-state index is -1.15. The van der Waals surface area contributed by atoms with Gasteiger partial charge in [-0.25, -0.2) is 0 Å². The normalized spacial score (nSPS) is 16.1. The van der Waals surface area contributed by atoms with Crippen LogP contribution in [0.4, 0.5) is 11.4 Å². The lowest BCUT2D eigenvalue weighted by Gasteiger charge is -2.30. The zero-order chi connectivity index (χ0) is 24.9. The molecule has 0 aliphatic carbocycles. The Bertz CT molecular complexity index is 1190. The van der Waals surface area contributed by atoms with Crippen molar-refractivity contribution in [2.75, 3.05) is 23.8 Å². The number of carbonyl (C=O) groups excluding carboxylic acids is 3. The maximum Gasteiger partial charge on any atom is 0.273 e. The molecule has 1 aromatic carbocycles. The summed E-state index contributed by atoms with van der Waals surface area (Å²) in [5.41, 5.74) is 12.6. The molecule has 5 N–H and O–H groups in total. The minimum Gasteiger partial charge on any atom is -0.467 e. The van der Waals surface area contributed by atoms with Gasteiger partial charge in [-0.2, -0.15) is 4.37 Å². The Labute approximate surface area is 206 Å². The fraction of sp³-hybridized carbons (Fsp3) is 0.333. The standard InChI is InChI=1S/C24H27N5O5S/c1-2-14-7-9-15(10-8-14)29(24(32)21-18(25)19(22(26)30)28-35-21)20(17-6-4-12-34-17)23(31)27-13-16-5-3-11-33-16/h4,6-10,12,16,20H,2-3,5,11,13,25H2,1H3,(H2,26,30)(H,27,31)/t16-,20-/m0/s1. The minimum absolute atomic E-state index is 0.00171. The molecular weight excluding hydrogens is 470 g/mol. The summed E-state index contributed by atoms with van der Waals surface area (Å²) in [6.07, 6.45) is 3.94. The first kappa shape index (κ1) is 24.4. The molecule has 4 rings (SSSR count). The topological polar surface area (TPSA) is 154 Å². The third-order valence-electron chi connectivity index (χ3n) is 5.84. The van der Waals surface area contributed by atoms with Crippen molar-refractivity contribution in [1.82, 2.24) is 9.69 Å². The molecule has 3 aromatic rings. The number of aryl methyl sites for hydroxylation is 1. The van der Waals surface area contributed by atoms with E-state index in [0.717, 1.165) is 36.4 Å². The van der Waals surface area contributed by atoms with Crippen molar-refractivity contribution in [2.45, 2.75) is 38.3 Å². The third-order valence-corrected chi connectivity index (χ3v) is 6.70. The second kappa shape index (κ2) is 10.7. The number of hydrogen-bond acceptors (Lipinski definition) is 8. The van der Waals surface area contributed by atoms with Crippen molar-refractivity contribution >= 4 is 40.6 Å². The van der Waals surface area contributed by atoms with Gasteiger partial charge in [0.2, 0.25) is 0 Å². The second-order valence-corrected chi connectivity index (χ2v) is 8.90. The van der Waals surface area contributed by atoms with Crippen LogP contribution < -0.4 is 21.7 Å². The predicted molar refractivity (Wildman–Crippen MR) is 131 cm³/mol. The van der Waals surface area contributed by atoms with E-state index in [-0.39, 0.29) is 28.1 Å². The van der Waals surface area contributed by atoms with E-state index < -0.39 is 23.8 Å². The molecule has 1 aliphatic rings. The number of benzene rings is 1. The predicted octanol–water partition coefficient (Wildman–Crippen LogP) is 2.66. The zero-order valence-corrected chi connectivity index (χ0v) is 20.0. The van der Waals surface area contributed by atoms with Crippen molar-refractivity contribution < 1.29 is 23.5 Å². The molecule has 3 amide bonds. The smallest absolute Gasteiger partial charge is 0.273 e. The SMILES string of the molecule is CCc1ccc(N(C(=O)c2snc(C(N)=O)c2N)[C@H](C(=O)NC[C@@H]2CCCO2)c2ccco2)cc1. The number of carbonyl (C=O) groups is 3. The van der Waals surface area contributed by atoms with E-state index in [4.69, 9.17) is 20.6 Å². The molecule has 0 bridgehead atoms. The fourth-order valence-corrected chi connectivity index (χ4v) is 4.69. The highest BCUT2D eigenvalue weighted by Gasteiger charge is 2.38. The van der Waals surface area contributed by atoms with Crippen molar-refractivity contribution in [3.63, 3.8) is 0 Å². The van der Waals surface area contributed by atoms with Crippen LogP contribution in [0, 0.1) is 0 Å². The fourth-order valence-electron chi connectivity index (χ4n) is 3.95. The molecule has 35 heavy (non-hydrogen) atoms. The highest BCUT2D eigenvalue weighted by Crippen LogP contribution is 2.33. The summed E-state index contributed by atoms with van der Waals surface area (Å²) in [6, 6.07) is 9.39. The molecule has 3 heterocycles. The number of furan rings is 1.